The molecule has 0 aliphatic heterocycles. The largest absolute Gasteiger partial charge is 0.398 e. The summed E-state index contributed by atoms with van der Waals surface area (Å²) in [5.74, 6) is -0.352. The van der Waals surface area contributed by atoms with Gasteiger partial charge in [0.2, 0.25) is 0 Å². The molecule has 2 aromatic carbocycles. The van der Waals surface area contributed by atoms with Crippen LogP contribution in [0.25, 0.3) is 0 Å². The Kier molecular flexibility index (Phi) is 3.24. The molecule has 0 fully saturated rings. The number of fused-ring (bicyclic) bond motifs is 2. The first-order valence-electron chi connectivity index (χ1n) is 7.43. The van der Waals surface area contributed by atoms with E-state index in [9.17, 15) is 9.59 Å². The highest BCUT2D eigenvalue weighted by Crippen LogP contribution is 2.39. The van der Waals surface area contributed by atoms with Crippen molar-refractivity contribution in [2.75, 3.05) is 11.5 Å². The molecule has 4 heteroatoms. The van der Waals surface area contributed by atoms with Crippen LogP contribution in [0.1, 0.15) is 56.8 Å². The summed E-state index contributed by atoms with van der Waals surface area (Å²) in [5, 5.41) is 0. The van der Waals surface area contributed by atoms with E-state index in [4.69, 9.17) is 11.5 Å². The number of hydrogen-bond acceptors (Lipinski definition) is 4. The molecule has 0 heterocycles. The molecule has 0 atom stereocenters. The summed E-state index contributed by atoms with van der Waals surface area (Å²) in [6.45, 7) is 3.87. The van der Waals surface area contributed by atoms with Gasteiger partial charge in [0.05, 0.1) is 5.56 Å². The van der Waals surface area contributed by atoms with Crippen molar-refractivity contribution in [3.63, 3.8) is 0 Å². The van der Waals surface area contributed by atoms with E-state index in [2.05, 4.69) is 0 Å². The lowest BCUT2D eigenvalue weighted by atomic mass is 9.78. The Morgan fingerprint density at radius 1 is 0.773 bits per heavy atom. The fraction of sp³-hybridized carbons (Fsp3) is 0.222. The number of carbonyl (C=O) groups is 2. The first kappa shape index (κ1) is 14.3. The zero-order valence-electron chi connectivity index (χ0n) is 12.7. The van der Waals surface area contributed by atoms with Crippen LogP contribution in [0.3, 0.4) is 0 Å². The molecule has 4 N–H and O–H groups in total. The van der Waals surface area contributed by atoms with E-state index in [1.807, 2.05) is 13.8 Å². The normalized spacial score (nSPS) is 13.0. The second kappa shape index (κ2) is 4.98. The lowest BCUT2D eigenvalue weighted by Crippen LogP contribution is -2.26. The third kappa shape index (κ3) is 1.70. The Labute approximate surface area is 129 Å². The SMILES string of the molecule is CCc1c(N)c(CC)c2c(c1N)C(=O)c1ccccc1C2=O. The number of anilines is 2. The van der Waals surface area contributed by atoms with Gasteiger partial charge in [0.1, 0.15) is 0 Å². The van der Waals surface area contributed by atoms with E-state index >= 15 is 0 Å². The van der Waals surface area contributed by atoms with Gasteiger partial charge in [-0.3, -0.25) is 9.59 Å². The standard InChI is InChI=1S/C18H18N2O2/c1-3-9-13-14(16(20)10(4-2)15(9)19)18(22)12-8-6-5-7-11(12)17(13)21/h5-8H,3-4,19-20H2,1-2H3. The second-order valence-corrected chi connectivity index (χ2v) is 5.45. The molecule has 2 aromatic rings. The zero-order valence-corrected chi connectivity index (χ0v) is 12.7. The average Bonchev–Trinajstić information content (AvgIpc) is 2.52. The molecular weight excluding hydrogens is 276 g/mol. The van der Waals surface area contributed by atoms with E-state index in [1.165, 1.54) is 0 Å². The minimum atomic E-state index is -0.188. The summed E-state index contributed by atoms with van der Waals surface area (Å²) >= 11 is 0. The van der Waals surface area contributed by atoms with Crippen molar-refractivity contribution in [1.29, 1.82) is 0 Å². The smallest absolute Gasteiger partial charge is 0.196 e. The highest BCUT2D eigenvalue weighted by Gasteiger charge is 2.35. The van der Waals surface area contributed by atoms with E-state index in [-0.39, 0.29) is 11.6 Å². The quantitative estimate of drug-likeness (QED) is 0.711. The maximum atomic E-state index is 12.9. The van der Waals surface area contributed by atoms with Gasteiger partial charge >= 0.3 is 0 Å². The second-order valence-electron chi connectivity index (χ2n) is 5.45. The van der Waals surface area contributed by atoms with Crippen molar-refractivity contribution < 1.29 is 9.59 Å². The average molecular weight is 294 g/mol. The van der Waals surface area contributed by atoms with Gasteiger partial charge in [-0.05, 0) is 24.0 Å². The van der Waals surface area contributed by atoms with Crippen molar-refractivity contribution in [2.24, 2.45) is 0 Å². The molecule has 1 aliphatic rings. The number of nitrogen functional groups attached to an aromatic ring is 2. The summed E-state index contributed by atoms with van der Waals surface area (Å²) in [7, 11) is 0. The molecule has 0 bridgehead atoms. The van der Waals surface area contributed by atoms with Crippen LogP contribution in [0, 0.1) is 0 Å². The Morgan fingerprint density at radius 3 is 1.77 bits per heavy atom. The van der Waals surface area contributed by atoms with Crippen LogP contribution in [0.4, 0.5) is 11.4 Å². The number of carbonyl (C=O) groups excluding carboxylic acids is 2. The van der Waals surface area contributed by atoms with Gasteiger partial charge in [-0.15, -0.1) is 0 Å². The Hall–Kier alpha value is -2.62. The first-order valence-corrected chi connectivity index (χ1v) is 7.43. The monoisotopic (exact) mass is 294 g/mol. The zero-order chi connectivity index (χ0) is 16.0. The molecule has 3 rings (SSSR count). The molecule has 4 nitrogen and oxygen atoms in total. The third-order valence-electron chi connectivity index (χ3n) is 4.37. The summed E-state index contributed by atoms with van der Waals surface area (Å²) in [6.07, 6.45) is 1.21. The lowest BCUT2D eigenvalue weighted by molar-refractivity contribution is 0.0979. The number of ketones is 2. The van der Waals surface area contributed by atoms with Crippen molar-refractivity contribution in [3.8, 4) is 0 Å². The molecule has 22 heavy (non-hydrogen) atoms. The Morgan fingerprint density at radius 2 is 1.27 bits per heavy atom. The number of nitrogens with two attached hydrogens (primary N) is 2. The molecule has 0 aromatic heterocycles. The molecule has 0 saturated carbocycles. The van der Waals surface area contributed by atoms with Gasteiger partial charge in [-0.25, -0.2) is 0 Å². The molecule has 112 valence electrons. The summed E-state index contributed by atoms with van der Waals surface area (Å²) in [6, 6.07) is 6.86. The van der Waals surface area contributed by atoms with E-state index < -0.39 is 0 Å². The van der Waals surface area contributed by atoms with Crippen LogP contribution in [0.2, 0.25) is 0 Å². The predicted octanol–water partition coefficient (Wildman–Crippen LogP) is 2.75. The molecule has 0 amide bonds. The molecule has 0 radical (unpaired) electrons. The van der Waals surface area contributed by atoms with Crippen LogP contribution in [0.15, 0.2) is 24.3 Å². The van der Waals surface area contributed by atoms with Gasteiger partial charge in [-0.1, -0.05) is 38.1 Å². The molecule has 1 aliphatic carbocycles. The van der Waals surface area contributed by atoms with Crippen LogP contribution >= 0.6 is 0 Å². The number of rotatable bonds is 2. The molecular formula is C18H18N2O2. The Balaban J connectivity index is 2.45. The van der Waals surface area contributed by atoms with Crippen molar-refractivity contribution in [2.45, 2.75) is 26.7 Å². The highest BCUT2D eigenvalue weighted by atomic mass is 16.1. The fourth-order valence-corrected chi connectivity index (χ4v) is 3.28. The summed E-state index contributed by atoms with van der Waals surface area (Å²) in [4.78, 5) is 25.7. The van der Waals surface area contributed by atoms with Gasteiger partial charge < -0.3 is 11.5 Å². The van der Waals surface area contributed by atoms with Crippen LogP contribution in [-0.4, -0.2) is 11.6 Å². The summed E-state index contributed by atoms with van der Waals surface area (Å²) < 4.78 is 0. The number of hydrogen-bond donors (Lipinski definition) is 2. The first-order chi connectivity index (χ1) is 10.5. The highest BCUT2D eigenvalue weighted by molar-refractivity contribution is 6.31. The molecule has 0 saturated heterocycles. The third-order valence-corrected chi connectivity index (χ3v) is 4.37. The predicted molar refractivity (Wildman–Crippen MR) is 87.3 cm³/mol. The Bertz CT molecular complexity index is 822. The van der Waals surface area contributed by atoms with Crippen molar-refractivity contribution in [1.82, 2.24) is 0 Å². The van der Waals surface area contributed by atoms with E-state index in [0.717, 1.165) is 11.1 Å². The summed E-state index contributed by atoms with van der Waals surface area (Å²) in [5.41, 5.74) is 16.3. The maximum absolute atomic E-state index is 12.9. The van der Waals surface area contributed by atoms with Crippen LogP contribution in [-0.2, 0) is 12.8 Å². The molecule has 0 spiro atoms. The van der Waals surface area contributed by atoms with Gasteiger partial charge in [0, 0.05) is 28.1 Å². The maximum Gasteiger partial charge on any atom is 0.196 e. The van der Waals surface area contributed by atoms with E-state index in [1.54, 1.807) is 24.3 Å². The molecule has 0 unspecified atom stereocenters. The van der Waals surface area contributed by atoms with Crippen molar-refractivity contribution >= 4 is 22.9 Å². The van der Waals surface area contributed by atoms with E-state index in [0.29, 0.717) is 46.5 Å². The topological polar surface area (TPSA) is 86.2 Å². The fourth-order valence-electron chi connectivity index (χ4n) is 3.28. The van der Waals surface area contributed by atoms with Gasteiger partial charge in [0.15, 0.2) is 11.6 Å². The van der Waals surface area contributed by atoms with Crippen LogP contribution < -0.4 is 11.5 Å². The number of benzene rings is 2. The van der Waals surface area contributed by atoms with Crippen molar-refractivity contribution in [3.05, 3.63) is 57.6 Å². The van der Waals surface area contributed by atoms with Gasteiger partial charge in [-0.2, -0.15) is 0 Å². The van der Waals surface area contributed by atoms with Crippen LogP contribution in [0.5, 0.6) is 0 Å². The minimum Gasteiger partial charge on any atom is -0.398 e. The lowest BCUT2D eigenvalue weighted by Gasteiger charge is -2.25. The van der Waals surface area contributed by atoms with Gasteiger partial charge in [0.25, 0.3) is 0 Å². The minimum absolute atomic E-state index is 0.164.